The van der Waals surface area contributed by atoms with Crippen LogP contribution in [-0.2, 0) is 9.59 Å². The molecule has 1 saturated heterocycles. The minimum absolute atomic E-state index is 0.0000300. The zero-order chi connectivity index (χ0) is 18.5. The minimum Gasteiger partial charge on any atom is -0.358 e. The van der Waals surface area contributed by atoms with Crippen molar-refractivity contribution in [3.8, 4) is 0 Å². The van der Waals surface area contributed by atoms with Gasteiger partial charge in [-0.2, -0.15) is 0 Å². The fourth-order valence-electron chi connectivity index (χ4n) is 3.27. The first kappa shape index (κ1) is 18.4. The summed E-state index contributed by atoms with van der Waals surface area (Å²) in [6.07, 6.45) is 0. The van der Waals surface area contributed by atoms with E-state index in [1.165, 1.54) is 0 Å². The second-order valence-corrected chi connectivity index (χ2v) is 6.71. The third-order valence-corrected chi connectivity index (χ3v) is 5.00. The van der Waals surface area contributed by atoms with Gasteiger partial charge in [0.15, 0.2) is 0 Å². The average molecular weight is 354 g/mol. The zero-order valence-corrected chi connectivity index (χ0v) is 15.4. The molecular weight excluding hydrogens is 328 g/mol. The van der Waals surface area contributed by atoms with Gasteiger partial charge in [0.2, 0.25) is 11.8 Å². The first-order valence-electron chi connectivity index (χ1n) is 9.03. The molecule has 0 unspecified atom stereocenters. The van der Waals surface area contributed by atoms with E-state index in [2.05, 4.69) is 26.5 Å². The van der Waals surface area contributed by atoms with E-state index in [9.17, 15) is 9.59 Å². The van der Waals surface area contributed by atoms with Crippen LogP contribution >= 0.6 is 0 Å². The molecule has 0 aliphatic carbocycles. The van der Waals surface area contributed by atoms with Gasteiger partial charge in [0.25, 0.3) is 0 Å². The predicted octanol–water partition coefficient (Wildman–Crippen LogP) is 1.53. The van der Waals surface area contributed by atoms with Gasteiger partial charge in [0.05, 0.1) is 12.6 Å². The molecule has 2 N–H and O–H groups in total. The van der Waals surface area contributed by atoms with Crippen LogP contribution in [0.4, 0.5) is 5.69 Å². The van der Waals surface area contributed by atoms with E-state index in [-0.39, 0.29) is 17.9 Å². The number of nitrogens with zero attached hydrogens (tertiary/aromatic N) is 2. The van der Waals surface area contributed by atoms with Crippen LogP contribution in [0.15, 0.2) is 42.5 Å². The molecule has 6 nitrogen and oxygen atoms in total. The van der Waals surface area contributed by atoms with Crippen LogP contribution in [0, 0.1) is 0 Å². The Bertz CT molecular complexity index is 784. The molecule has 0 aromatic heterocycles. The van der Waals surface area contributed by atoms with Crippen molar-refractivity contribution in [2.24, 2.45) is 0 Å². The van der Waals surface area contributed by atoms with Crippen LogP contribution in [0.5, 0.6) is 0 Å². The van der Waals surface area contributed by atoms with Crippen LogP contribution in [0.2, 0.25) is 0 Å². The molecule has 1 atom stereocenters. The number of anilines is 1. The highest BCUT2D eigenvalue weighted by Crippen LogP contribution is 2.19. The highest BCUT2D eigenvalue weighted by atomic mass is 16.2. The summed E-state index contributed by atoms with van der Waals surface area (Å²) in [6, 6.07) is 13.9. The Morgan fingerprint density at radius 3 is 2.42 bits per heavy atom. The number of likely N-dealkylation sites (N-methyl/N-ethyl adjacent to an activating group) is 1. The van der Waals surface area contributed by atoms with Gasteiger partial charge in [-0.1, -0.05) is 30.3 Å². The third-order valence-electron chi connectivity index (χ3n) is 5.00. The summed E-state index contributed by atoms with van der Waals surface area (Å²) in [4.78, 5) is 28.4. The largest absolute Gasteiger partial charge is 0.358 e. The Morgan fingerprint density at radius 1 is 1.04 bits per heavy atom. The molecule has 0 saturated carbocycles. The summed E-state index contributed by atoms with van der Waals surface area (Å²) in [5.41, 5.74) is 0.818. The van der Waals surface area contributed by atoms with Gasteiger partial charge in [-0.15, -0.1) is 0 Å². The number of amides is 2. The van der Waals surface area contributed by atoms with E-state index < -0.39 is 0 Å². The fraction of sp³-hybridized carbons (Fsp3) is 0.400. The Morgan fingerprint density at radius 2 is 1.73 bits per heavy atom. The maximum absolute atomic E-state index is 12.6. The van der Waals surface area contributed by atoms with Crippen molar-refractivity contribution in [1.82, 2.24) is 15.1 Å². The van der Waals surface area contributed by atoms with Crippen molar-refractivity contribution in [1.29, 1.82) is 0 Å². The Labute approximate surface area is 154 Å². The average Bonchev–Trinajstić information content (AvgIpc) is 2.67. The first-order valence-corrected chi connectivity index (χ1v) is 9.03. The molecule has 1 aliphatic heterocycles. The Hall–Kier alpha value is -2.44. The second-order valence-electron chi connectivity index (χ2n) is 6.71. The number of hydrogen-bond acceptors (Lipinski definition) is 4. The Balaban J connectivity index is 1.55. The summed E-state index contributed by atoms with van der Waals surface area (Å²) in [6.45, 7) is 5.50. The van der Waals surface area contributed by atoms with Crippen molar-refractivity contribution in [3.63, 3.8) is 0 Å². The number of piperazine rings is 1. The fourth-order valence-corrected chi connectivity index (χ4v) is 3.27. The first-order chi connectivity index (χ1) is 12.6. The zero-order valence-electron chi connectivity index (χ0n) is 15.4. The van der Waals surface area contributed by atoms with Crippen LogP contribution in [-0.4, -0.2) is 67.4 Å². The maximum atomic E-state index is 12.6. The highest BCUT2D eigenvalue weighted by molar-refractivity contribution is 5.97. The molecule has 1 fully saturated rings. The molecule has 6 heteroatoms. The van der Waals surface area contributed by atoms with E-state index in [1.807, 2.05) is 43.3 Å². The standard InChI is InChI=1S/C20H26N4O2/c1-15(24-11-9-23(10-12-24)14-19(25)21-2)20(26)22-18-8-7-16-5-3-4-6-17(16)13-18/h3-8,13,15H,9-12,14H2,1-2H3,(H,21,25)(H,22,26)/t15-/m1/s1. The maximum Gasteiger partial charge on any atom is 0.241 e. The van der Waals surface area contributed by atoms with Crippen LogP contribution in [0.25, 0.3) is 10.8 Å². The predicted molar refractivity (Wildman–Crippen MR) is 104 cm³/mol. The van der Waals surface area contributed by atoms with Gasteiger partial charge in [-0.3, -0.25) is 19.4 Å². The molecular formula is C20H26N4O2. The van der Waals surface area contributed by atoms with Crippen molar-refractivity contribution in [2.75, 3.05) is 45.1 Å². The van der Waals surface area contributed by atoms with E-state index >= 15 is 0 Å². The van der Waals surface area contributed by atoms with Crippen molar-refractivity contribution < 1.29 is 9.59 Å². The minimum atomic E-state index is -0.205. The van der Waals surface area contributed by atoms with Gasteiger partial charge < -0.3 is 10.6 Å². The summed E-state index contributed by atoms with van der Waals surface area (Å²) in [7, 11) is 1.65. The van der Waals surface area contributed by atoms with E-state index in [0.717, 1.165) is 42.6 Å². The second kappa shape index (κ2) is 8.29. The van der Waals surface area contributed by atoms with Gasteiger partial charge in [0.1, 0.15) is 0 Å². The summed E-state index contributed by atoms with van der Waals surface area (Å²) in [5.74, 6) is 0.0283. The van der Waals surface area contributed by atoms with Gasteiger partial charge in [-0.25, -0.2) is 0 Å². The third kappa shape index (κ3) is 4.39. The molecule has 0 spiro atoms. The number of carbonyl (C=O) groups excluding carboxylic acids is 2. The lowest BCUT2D eigenvalue weighted by Crippen LogP contribution is -2.54. The lowest BCUT2D eigenvalue weighted by atomic mass is 10.1. The molecule has 2 aromatic carbocycles. The number of rotatable bonds is 5. The number of carbonyl (C=O) groups is 2. The van der Waals surface area contributed by atoms with Crippen LogP contribution in [0.1, 0.15) is 6.92 Å². The molecule has 1 heterocycles. The Kier molecular flexibility index (Phi) is 5.85. The molecule has 26 heavy (non-hydrogen) atoms. The van der Waals surface area contributed by atoms with Gasteiger partial charge >= 0.3 is 0 Å². The molecule has 0 radical (unpaired) electrons. The normalized spacial score (nSPS) is 17.0. The van der Waals surface area contributed by atoms with Crippen molar-refractivity contribution in [2.45, 2.75) is 13.0 Å². The van der Waals surface area contributed by atoms with Crippen molar-refractivity contribution >= 4 is 28.3 Å². The molecule has 0 bridgehead atoms. The van der Waals surface area contributed by atoms with Crippen LogP contribution < -0.4 is 10.6 Å². The molecule has 1 aliphatic rings. The SMILES string of the molecule is CNC(=O)CN1CCN([C@H](C)C(=O)Nc2ccc3ccccc3c2)CC1. The topological polar surface area (TPSA) is 64.7 Å². The van der Waals surface area contributed by atoms with E-state index in [1.54, 1.807) is 7.05 Å². The van der Waals surface area contributed by atoms with E-state index in [0.29, 0.717) is 6.54 Å². The molecule has 2 amide bonds. The quantitative estimate of drug-likeness (QED) is 0.855. The smallest absolute Gasteiger partial charge is 0.241 e. The molecule has 2 aromatic rings. The van der Waals surface area contributed by atoms with Crippen LogP contribution in [0.3, 0.4) is 0 Å². The number of nitrogens with one attached hydrogen (secondary N) is 2. The number of fused-ring (bicyclic) bond motifs is 1. The van der Waals surface area contributed by atoms with E-state index in [4.69, 9.17) is 0 Å². The van der Waals surface area contributed by atoms with Gasteiger partial charge in [0, 0.05) is 38.9 Å². The highest BCUT2D eigenvalue weighted by Gasteiger charge is 2.26. The van der Waals surface area contributed by atoms with Crippen molar-refractivity contribution in [3.05, 3.63) is 42.5 Å². The summed E-state index contributed by atoms with van der Waals surface area (Å²) in [5, 5.41) is 7.94. The van der Waals surface area contributed by atoms with Gasteiger partial charge in [-0.05, 0) is 29.8 Å². The summed E-state index contributed by atoms with van der Waals surface area (Å²) < 4.78 is 0. The summed E-state index contributed by atoms with van der Waals surface area (Å²) >= 11 is 0. The lowest BCUT2D eigenvalue weighted by molar-refractivity contribution is -0.124. The number of benzene rings is 2. The lowest BCUT2D eigenvalue weighted by Gasteiger charge is -2.37. The number of hydrogen-bond donors (Lipinski definition) is 2. The molecule has 138 valence electrons. The molecule has 3 rings (SSSR count). The monoisotopic (exact) mass is 354 g/mol.